The minimum atomic E-state index is 0. The molecular weight excluding hydrogens is 423 g/mol. The summed E-state index contributed by atoms with van der Waals surface area (Å²) in [5.41, 5.74) is 2.37. The molecule has 0 fully saturated rings. The van der Waals surface area contributed by atoms with E-state index in [0.29, 0.717) is 17.6 Å². The van der Waals surface area contributed by atoms with Crippen LogP contribution in [0.1, 0.15) is 24.0 Å². The molecule has 1 unspecified atom stereocenters. The minimum Gasteiger partial charge on any atom is -0.356 e. The first kappa shape index (κ1) is 19.7. The number of halogens is 2. The van der Waals surface area contributed by atoms with Crippen LogP contribution in [-0.2, 0) is 6.54 Å². The van der Waals surface area contributed by atoms with E-state index in [9.17, 15) is 0 Å². The summed E-state index contributed by atoms with van der Waals surface area (Å²) in [5.74, 6) is 1.19. The Balaban J connectivity index is 0.00000264. The lowest BCUT2D eigenvalue weighted by Gasteiger charge is -2.16. The Labute approximate surface area is 159 Å². The van der Waals surface area contributed by atoms with Crippen LogP contribution in [0.25, 0.3) is 0 Å². The Bertz CT molecular complexity index is 602. The van der Waals surface area contributed by atoms with Crippen molar-refractivity contribution in [3.63, 3.8) is 0 Å². The summed E-state index contributed by atoms with van der Waals surface area (Å²) in [6, 6.07) is 14.2. The van der Waals surface area contributed by atoms with Gasteiger partial charge in [-0.15, -0.1) is 24.0 Å². The second-order valence-electron chi connectivity index (χ2n) is 5.11. The van der Waals surface area contributed by atoms with E-state index in [0.717, 1.165) is 18.1 Å². The summed E-state index contributed by atoms with van der Waals surface area (Å²) < 4.78 is 0. The van der Waals surface area contributed by atoms with Gasteiger partial charge in [0.1, 0.15) is 5.15 Å². The van der Waals surface area contributed by atoms with Gasteiger partial charge in [0.15, 0.2) is 5.96 Å². The quantitative estimate of drug-likeness (QED) is 0.319. The average Bonchev–Trinajstić information content (AvgIpc) is 2.57. The molecule has 1 aromatic heterocycles. The molecule has 0 saturated heterocycles. The van der Waals surface area contributed by atoms with Crippen LogP contribution in [0.5, 0.6) is 0 Å². The Kier molecular flexibility index (Phi) is 8.94. The summed E-state index contributed by atoms with van der Waals surface area (Å²) in [5, 5.41) is 7.11. The highest BCUT2D eigenvalue weighted by Gasteiger charge is 2.06. The largest absolute Gasteiger partial charge is 0.356 e. The molecule has 1 heterocycles. The molecule has 124 valence electrons. The van der Waals surface area contributed by atoms with Gasteiger partial charge >= 0.3 is 0 Å². The first-order valence-electron chi connectivity index (χ1n) is 7.29. The Morgan fingerprint density at radius 2 is 1.91 bits per heavy atom. The van der Waals surface area contributed by atoms with Crippen LogP contribution in [0.3, 0.4) is 0 Å². The second-order valence-corrected chi connectivity index (χ2v) is 5.49. The van der Waals surface area contributed by atoms with Gasteiger partial charge < -0.3 is 10.6 Å². The maximum Gasteiger partial charge on any atom is 0.191 e. The molecular formula is C17H22ClIN4. The predicted molar refractivity (Wildman–Crippen MR) is 108 cm³/mol. The second kappa shape index (κ2) is 10.4. The van der Waals surface area contributed by atoms with Gasteiger partial charge in [-0.3, -0.25) is 4.99 Å². The number of pyridine rings is 1. The fraction of sp³-hybridized carbons (Fsp3) is 0.294. The normalized spacial score (nSPS) is 12.2. The van der Waals surface area contributed by atoms with E-state index >= 15 is 0 Å². The van der Waals surface area contributed by atoms with E-state index in [1.165, 1.54) is 5.56 Å². The third-order valence-electron chi connectivity index (χ3n) is 3.42. The van der Waals surface area contributed by atoms with E-state index in [-0.39, 0.29) is 24.0 Å². The van der Waals surface area contributed by atoms with E-state index in [1.807, 2.05) is 12.1 Å². The van der Waals surface area contributed by atoms with Gasteiger partial charge in [0.25, 0.3) is 0 Å². The lowest BCUT2D eigenvalue weighted by atomic mass is 10.0. The maximum atomic E-state index is 5.78. The SMILES string of the molecule is CN=C(NCc1ccc(Cl)nc1)NCC(C)c1ccccc1.I. The molecule has 6 heteroatoms. The Hall–Kier alpha value is -1.34. The first-order chi connectivity index (χ1) is 10.7. The van der Waals surface area contributed by atoms with Crippen molar-refractivity contribution in [1.29, 1.82) is 0 Å². The number of rotatable bonds is 5. The summed E-state index contributed by atoms with van der Waals surface area (Å²) in [7, 11) is 1.77. The molecule has 0 aliphatic heterocycles. The van der Waals surface area contributed by atoms with Crippen LogP contribution in [0.4, 0.5) is 0 Å². The maximum absolute atomic E-state index is 5.78. The third kappa shape index (κ3) is 6.74. The van der Waals surface area contributed by atoms with Gasteiger partial charge in [-0.2, -0.15) is 0 Å². The van der Waals surface area contributed by atoms with Gasteiger partial charge in [-0.25, -0.2) is 4.98 Å². The van der Waals surface area contributed by atoms with Crippen LogP contribution in [0, 0.1) is 0 Å². The summed E-state index contributed by atoms with van der Waals surface area (Å²) in [6.45, 7) is 3.67. The lowest BCUT2D eigenvalue weighted by molar-refractivity contribution is 0.698. The van der Waals surface area contributed by atoms with E-state index in [1.54, 1.807) is 19.3 Å². The Morgan fingerprint density at radius 1 is 1.17 bits per heavy atom. The van der Waals surface area contributed by atoms with Crippen molar-refractivity contribution < 1.29 is 0 Å². The van der Waals surface area contributed by atoms with Crippen molar-refractivity contribution in [2.75, 3.05) is 13.6 Å². The fourth-order valence-corrected chi connectivity index (χ4v) is 2.18. The van der Waals surface area contributed by atoms with E-state index < -0.39 is 0 Å². The highest BCUT2D eigenvalue weighted by Crippen LogP contribution is 2.12. The number of nitrogens with zero attached hydrogens (tertiary/aromatic N) is 2. The molecule has 1 atom stereocenters. The van der Waals surface area contributed by atoms with Gasteiger partial charge in [0, 0.05) is 26.3 Å². The number of hydrogen-bond donors (Lipinski definition) is 2. The van der Waals surface area contributed by atoms with Crippen molar-refractivity contribution in [2.24, 2.45) is 4.99 Å². The molecule has 1 aromatic carbocycles. The van der Waals surface area contributed by atoms with Crippen molar-refractivity contribution in [2.45, 2.75) is 19.4 Å². The standard InChI is InChI=1S/C17H21ClN4.HI/c1-13(15-6-4-3-5-7-15)10-21-17(19-2)22-12-14-8-9-16(18)20-11-14;/h3-9,11,13H,10,12H2,1-2H3,(H2,19,21,22);1H. The summed E-state index contributed by atoms with van der Waals surface area (Å²) in [4.78, 5) is 8.30. The molecule has 0 bridgehead atoms. The topological polar surface area (TPSA) is 49.3 Å². The molecule has 0 spiro atoms. The molecule has 0 saturated carbocycles. The monoisotopic (exact) mass is 444 g/mol. The van der Waals surface area contributed by atoms with Gasteiger partial charge in [-0.05, 0) is 23.1 Å². The molecule has 2 aromatic rings. The molecule has 2 N–H and O–H groups in total. The number of hydrogen-bond acceptors (Lipinski definition) is 2. The molecule has 0 radical (unpaired) electrons. The van der Waals surface area contributed by atoms with Crippen LogP contribution >= 0.6 is 35.6 Å². The number of aromatic nitrogens is 1. The number of nitrogens with one attached hydrogen (secondary N) is 2. The third-order valence-corrected chi connectivity index (χ3v) is 3.64. The van der Waals surface area contributed by atoms with Gasteiger partial charge in [0.05, 0.1) is 0 Å². The number of guanidine groups is 1. The lowest BCUT2D eigenvalue weighted by Crippen LogP contribution is -2.38. The zero-order valence-corrected chi connectivity index (χ0v) is 16.4. The highest BCUT2D eigenvalue weighted by atomic mass is 127. The predicted octanol–water partition coefficient (Wildman–Crippen LogP) is 3.82. The van der Waals surface area contributed by atoms with Crippen molar-refractivity contribution >= 4 is 41.5 Å². The molecule has 0 aliphatic carbocycles. The zero-order chi connectivity index (χ0) is 15.8. The summed E-state index contributed by atoms with van der Waals surface area (Å²) in [6.07, 6.45) is 1.76. The number of benzene rings is 1. The molecule has 23 heavy (non-hydrogen) atoms. The molecule has 0 aliphatic rings. The highest BCUT2D eigenvalue weighted by molar-refractivity contribution is 14.0. The summed E-state index contributed by atoms with van der Waals surface area (Å²) >= 11 is 5.78. The van der Waals surface area contributed by atoms with Crippen LogP contribution in [0.2, 0.25) is 5.15 Å². The Morgan fingerprint density at radius 3 is 2.52 bits per heavy atom. The number of aliphatic imine (C=N–C) groups is 1. The van der Waals surface area contributed by atoms with E-state index in [4.69, 9.17) is 11.6 Å². The van der Waals surface area contributed by atoms with Crippen molar-refractivity contribution in [1.82, 2.24) is 15.6 Å². The molecule has 0 amide bonds. The minimum absolute atomic E-state index is 0. The van der Waals surface area contributed by atoms with Gasteiger partial charge in [-0.1, -0.05) is 54.9 Å². The van der Waals surface area contributed by atoms with Crippen LogP contribution in [-0.4, -0.2) is 24.5 Å². The molecule has 2 rings (SSSR count). The molecule has 4 nitrogen and oxygen atoms in total. The van der Waals surface area contributed by atoms with Crippen LogP contribution in [0.15, 0.2) is 53.7 Å². The van der Waals surface area contributed by atoms with Crippen LogP contribution < -0.4 is 10.6 Å². The smallest absolute Gasteiger partial charge is 0.191 e. The first-order valence-corrected chi connectivity index (χ1v) is 7.66. The van der Waals surface area contributed by atoms with Gasteiger partial charge in [0.2, 0.25) is 0 Å². The fourth-order valence-electron chi connectivity index (χ4n) is 2.07. The van der Waals surface area contributed by atoms with E-state index in [2.05, 4.69) is 51.8 Å². The average molecular weight is 445 g/mol. The van der Waals surface area contributed by atoms with Crippen molar-refractivity contribution in [3.05, 3.63) is 64.9 Å². The van der Waals surface area contributed by atoms with Crippen molar-refractivity contribution in [3.8, 4) is 0 Å². The zero-order valence-electron chi connectivity index (χ0n) is 13.3.